The number of hydrogen-bond acceptors (Lipinski definition) is 5. The molecule has 2 aromatic rings. The molecule has 7 heteroatoms. The van der Waals surface area contributed by atoms with Crippen molar-refractivity contribution in [3.63, 3.8) is 0 Å². The predicted octanol–water partition coefficient (Wildman–Crippen LogP) is 5.63. The molecule has 1 N–H and O–H groups in total. The highest BCUT2D eigenvalue weighted by atomic mass is 19.1. The zero-order valence-corrected chi connectivity index (χ0v) is 20.7. The fraction of sp³-hybridized carbons (Fsp3) is 0.483. The molecular weight excluding hydrogens is 459 g/mol. The second-order valence-electron chi connectivity index (χ2n) is 10.3. The van der Waals surface area contributed by atoms with Gasteiger partial charge < -0.3 is 14.8 Å². The maximum absolute atomic E-state index is 13.6. The molecule has 2 aliphatic carbocycles. The number of nitrogens with one attached hydrogen (secondary N) is 1. The fourth-order valence-electron chi connectivity index (χ4n) is 6.64. The number of amides is 1. The lowest BCUT2D eigenvalue weighted by atomic mass is 9.57. The number of aromatic nitrogens is 1. The number of nitrogens with zero attached hydrogens (tertiary/aromatic N) is 1. The molecule has 1 amide bonds. The summed E-state index contributed by atoms with van der Waals surface area (Å²) in [6.45, 7) is 4.15. The lowest BCUT2D eigenvalue weighted by Gasteiger charge is -2.47. The summed E-state index contributed by atoms with van der Waals surface area (Å²) in [7, 11) is 0. The molecule has 190 valence electrons. The Hall–Kier alpha value is -3.22. The van der Waals surface area contributed by atoms with Gasteiger partial charge in [-0.3, -0.25) is 9.78 Å². The highest BCUT2D eigenvalue weighted by Gasteiger charge is 2.54. The Labute approximate surface area is 211 Å². The van der Waals surface area contributed by atoms with Gasteiger partial charge in [-0.2, -0.15) is 0 Å². The van der Waals surface area contributed by atoms with E-state index in [1.165, 1.54) is 12.1 Å². The van der Waals surface area contributed by atoms with Gasteiger partial charge in [0.1, 0.15) is 11.9 Å². The molecule has 0 bridgehead atoms. The number of alkyl carbamates (subject to hydrolysis) is 1. The quantitative estimate of drug-likeness (QED) is 0.548. The minimum Gasteiger partial charge on any atom is -0.462 e. The Morgan fingerprint density at radius 3 is 2.83 bits per heavy atom. The van der Waals surface area contributed by atoms with Crippen LogP contribution in [-0.2, 0) is 14.3 Å². The number of cyclic esters (lactones) is 1. The normalized spacial score (nSPS) is 31.4. The molecule has 3 fully saturated rings. The molecule has 7 atom stereocenters. The smallest absolute Gasteiger partial charge is 0.407 e. The average molecular weight is 493 g/mol. The Morgan fingerprint density at radius 2 is 2.08 bits per heavy atom. The molecule has 1 aliphatic heterocycles. The number of benzene rings is 1. The van der Waals surface area contributed by atoms with E-state index in [-0.39, 0.29) is 47.8 Å². The van der Waals surface area contributed by atoms with Crippen LogP contribution in [0, 0.1) is 35.4 Å². The van der Waals surface area contributed by atoms with Crippen molar-refractivity contribution >= 4 is 18.1 Å². The first kappa shape index (κ1) is 24.5. The van der Waals surface area contributed by atoms with Gasteiger partial charge in [-0.25, -0.2) is 9.18 Å². The summed E-state index contributed by atoms with van der Waals surface area (Å²) in [6, 6.07) is 10.4. The monoisotopic (exact) mass is 492 g/mol. The van der Waals surface area contributed by atoms with Crippen LogP contribution in [0.15, 0.2) is 48.7 Å². The molecule has 5 rings (SSSR count). The molecule has 2 saturated carbocycles. The number of allylic oxidation sites excluding steroid dienone is 1. The lowest BCUT2D eigenvalue weighted by Crippen LogP contribution is -2.48. The maximum atomic E-state index is 13.6. The second-order valence-corrected chi connectivity index (χ2v) is 10.3. The van der Waals surface area contributed by atoms with Crippen LogP contribution in [-0.4, -0.2) is 35.8 Å². The minimum absolute atomic E-state index is 0.0679. The van der Waals surface area contributed by atoms with E-state index < -0.39 is 0 Å². The van der Waals surface area contributed by atoms with E-state index in [1.807, 2.05) is 31.2 Å². The number of carbonyl (C=O) groups excluding carboxylic acids is 2. The summed E-state index contributed by atoms with van der Waals surface area (Å²) in [5.74, 6) is 0.629. The van der Waals surface area contributed by atoms with Gasteiger partial charge in [0.05, 0.1) is 18.2 Å². The van der Waals surface area contributed by atoms with Crippen LogP contribution >= 0.6 is 0 Å². The van der Waals surface area contributed by atoms with Crippen molar-refractivity contribution in [3.8, 4) is 11.1 Å². The first-order valence-electron chi connectivity index (χ1n) is 13.0. The average Bonchev–Trinajstić information content (AvgIpc) is 3.15. The molecule has 36 heavy (non-hydrogen) atoms. The Bertz CT molecular complexity index is 1130. The van der Waals surface area contributed by atoms with Crippen LogP contribution in [0.2, 0.25) is 0 Å². The molecule has 1 aromatic carbocycles. The standard InChI is InChI=1S/C29H33FN2O4/c1-3-35-29(34)32-23-10-11-24-20(14-23)15-26-27(17(2)36-28(26)33)25(24)12-9-22-8-7-19(16-31-22)18-5-4-6-21(30)13-18/h4-9,12-13,16-17,20,23-27H,3,10-11,14-15H2,1-2H3,(H,32,34)/b12-9+/t17-,20-,23-,24+,25+,26-,27-/m0/s1. The van der Waals surface area contributed by atoms with Gasteiger partial charge in [-0.1, -0.05) is 24.3 Å². The third-order valence-electron chi connectivity index (χ3n) is 8.18. The van der Waals surface area contributed by atoms with Crippen LogP contribution in [0.3, 0.4) is 0 Å². The van der Waals surface area contributed by atoms with E-state index in [9.17, 15) is 14.0 Å². The van der Waals surface area contributed by atoms with Crippen molar-refractivity contribution in [1.29, 1.82) is 0 Å². The Kier molecular flexibility index (Phi) is 7.08. The van der Waals surface area contributed by atoms with Crippen LogP contribution in [0.4, 0.5) is 9.18 Å². The number of ether oxygens (including phenoxy) is 2. The van der Waals surface area contributed by atoms with Crippen LogP contribution in [0.25, 0.3) is 17.2 Å². The van der Waals surface area contributed by atoms with Crippen LogP contribution < -0.4 is 5.32 Å². The van der Waals surface area contributed by atoms with Crippen LogP contribution in [0.5, 0.6) is 0 Å². The summed E-state index contributed by atoms with van der Waals surface area (Å²) >= 11 is 0. The number of pyridine rings is 1. The topological polar surface area (TPSA) is 77.5 Å². The first-order chi connectivity index (χ1) is 17.4. The van der Waals surface area contributed by atoms with E-state index in [0.29, 0.717) is 18.4 Å². The van der Waals surface area contributed by atoms with Gasteiger partial charge in [0, 0.05) is 23.7 Å². The predicted molar refractivity (Wildman–Crippen MR) is 134 cm³/mol. The highest BCUT2D eigenvalue weighted by Crippen LogP contribution is 2.53. The molecular formula is C29H33FN2O4. The zero-order valence-electron chi connectivity index (χ0n) is 20.7. The van der Waals surface area contributed by atoms with E-state index >= 15 is 0 Å². The molecule has 1 aromatic heterocycles. The van der Waals surface area contributed by atoms with Gasteiger partial charge in [0.15, 0.2) is 0 Å². The fourth-order valence-corrected chi connectivity index (χ4v) is 6.64. The highest BCUT2D eigenvalue weighted by molar-refractivity contribution is 5.75. The summed E-state index contributed by atoms with van der Waals surface area (Å²) in [6.07, 6.45) is 9.07. The van der Waals surface area contributed by atoms with E-state index in [0.717, 1.165) is 42.5 Å². The van der Waals surface area contributed by atoms with Crippen molar-refractivity contribution in [2.75, 3.05) is 6.61 Å². The third-order valence-corrected chi connectivity index (χ3v) is 8.18. The Balaban J connectivity index is 1.34. The maximum Gasteiger partial charge on any atom is 0.407 e. The summed E-state index contributed by atoms with van der Waals surface area (Å²) < 4.78 is 24.3. The summed E-state index contributed by atoms with van der Waals surface area (Å²) in [5.41, 5.74) is 2.48. The number of fused-ring (bicyclic) bond motifs is 2. The van der Waals surface area contributed by atoms with Crippen molar-refractivity contribution in [2.45, 2.75) is 51.7 Å². The molecule has 0 radical (unpaired) electrons. The molecule has 6 nitrogen and oxygen atoms in total. The van der Waals surface area contributed by atoms with Crippen molar-refractivity contribution in [1.82, 2.24) is 10.3 Å². The molecule has 3 aliphatic rings. The number of halogens is 1. The van der Waals surface area contributed by atoms with Gasteiger partial charge in [-0.05, 0) is 87.1 Å². The van der Waals surface area contributed by atoms with Gasteiger partial charge >= 0.3 is 12.1 Å². The molecule has 1 saturated heterocycles. The van der Waals surface area contributed by atoms with Gasteiger partial charge in [-0.15, -0.1) is 0 Å². The minimum atomic E-state index is -0.368. The van der Waals surface area contributed by atoms with E-state index in [2.05, 4.69) is 16.4 Å². The van der Waals surface area contributed by atoms with Crippen molar-refractivity contribution < 1.29 is 23.5 Å². The lowest BCUT2D eigenvalue weighted by molar-refractivity contribution is -0.144. The molecule has 2 heterocycles. The molecule has 0 spiro atoms. The SMILES string of the molecule is CCOC(=O)N[C@H]1CC[C@@H]2[C@@H](C1)C[C@@H]1C(=O)O[C@@H](C)[C@H]1[C@@H]2/C=C/c1ccc(-c2cccc(F)c2)cn1. The van der Waals surface area contributed by atoms with Crippen molar-refractivity contribution in [2.24, 2.45) is 29.6 Å². The number of hydrogen-bond donors (Lipinski definition) is 1. The van der Waals surface area contributed by atoms with E-state index in [4.69, 9.17) is 9.47 Å². The summed E-state index contributed by atoms with van der Waals surface area (Å²) in [4.78, 5) is 29.2. The van der Waals surface area contributed by atoms with Crippen LogP contribution in [0.1, 0.15) is 45.2 Å². The van der Waals surface area contributed by atoms with E-state index in [1.54, 1.807) is 19.2 Å². The molecule has 0 unspecified atom stereocenters. The second kappa shape index (κ2) is 10.4. The first-order valence-corrected chi connectivity index (χ1v) is 13.0. The number of esters is 1. The zero-order chi connectivity index (χ0) is 25.2. The third kappa shape index (κ3) is 5.01. The van der Waals surface area contributed by atoms with Gasteiger partial charge in [0.25, 0.3) is 0 Å². The van der Waals surface area contributed by atoms with Gasteiger partial charge in [0.2, 0.25) is 0 Å². The largest absolute Gasteiger partial charge is 0.462 e. The summed E-state index contributed by atoms with van der Waals surface area (Å²) in [5, 5.41) is 3.00. The van der Waals surface area contributed by atoms with Crippen molar-refractivity contribution in [3.05, 3.63) is 60.2 Å². The number of rotatable bonds is 5. The number of carbonyl (C=O) groups is 2. The Morgan fingerprint density at radius 1 is 1.22 bits per heavy atom.